The molecule has 1 aromatic carbocycles. The number of nitrogens with one attached hydrogen (secondary N) is 1. The molecule has 1 aliphatic heterocycles. The van der Waals surface area contributed by atoms with Gasteiger partial charge < -0.3 is 14.4 Å². The minimum absolute atomic E-state index is 0.0468. The number of carbonyl (C=O) groups excluding carboxylic acids is 2. The number of hydrogen-bond acceptors (Lipinski definition) is 4. The molecule has 27 heavy (non-hydrogen) atoms. The van der Waals surface area contributed by atoms with Gasteiger partial charge in [-0.3, -0.25) is 19.4 Å². The van der Waals surface area contributed by atoms with Gasteiger partial charge in [-0.2, -0.15) is 0 Å². The van der Waals surface area contributed by atoms with Crippen LogP contribution in [0.25, 0.3) is 0 Å². The van der Waals surface area contributed by atoms with Gasteiger partial charge in [-0.25, -0.2) is 4.79 Å². The molecule has 3 rings (SSSR count). The molecular weight excluding hydrogens is 348 g/mol. The normalized spacial score (nSPS) is 14.5. The number of rotatable bonds is 5. The summed E-state index contributed by atoms with van der Waals surface area (Å²) < 4.78 is 1.27. The zero-order valence-electron chi connectivity index (χ0n) is 15.2. The SMILES string of the molecule is Cc1ccc(CN2CCN(C(=O)CCn3ccc(=O)[nH]c3=O)CC2=O)cc1. The topological polar surface area (TPSA) is 95.5 Å². The number of aromatic amines is 1. The van der Waals surface area contributed by atoms with E-state index >= 15 is 0 Å². The van der Waals surface area contributed by atoms with E-state index in [4.69, 9.17) is 0 Å². The molecule has 142 valence electrons. The number of aryl methyl sites for hydroxylation is 2. The molecule has 0 atom stereocenters. The Morgan fingerprint density at radius 2 is 1.81 bits per heavy atom. The van der Waals surface area contributed by atoms with E-state index in [9.17, 15) is 19.2 Å². The van der Waals surface area contributed by atoms with E-state index in [0.717, 1.165) is 5.56 Å². The van der Waals surface area contributed by atoms with Crippen LogP contribution in [0.15, 0.2) is 46.1 Å². The van der Waals surface area contributed by atoms with Crippen LogP contribution in [0.4, 0.5) is 0 Å². The molecule has 1 aromatic heterocycles. The average Bonchev–Trinajstić information content (AvgIpc) is 2.64. The lowest BCUT2D eigenvalue weighted by molar-refractivity contribution is -0.145. The molecule has 0 saturated carbocycles. The van der Waals surface area contributed by atoms with Crippen molar-refractivity contribution in [1.29, 1.82) is 0 Å². The molecule has 1 saturated heterocycles. The van der Waals surface area contributed by atoms with Gasteiger partial charge in [0.15, 0.2) is 0 Å². The van der Waals surface area contributed by atoms with Gasteiger partial charge in [-0.1, -0.05) is 29.8 Å². The van der Waals surface area contributed by atoms with E-state index in [1.54, 1.807) is 4.90 Å². The Labute approximate surface area is 156 Å². The van der Waals surface area contributed by atoms with Crippen LogP contribution >= 0.6 is 0 Å². The molecule has 8 heteroatoms. The van der Waals surface area contributed by atoms with Crippen molar-refractivity contribution in [2.45, 2.75) is 26.4 Å². The summed E-state index contributed by atoms with van der Waals surface area (Å²) >= 11 is 0. The summed E-state index contributed by atoms with van der Waals surface area (Å²) in [6, 6.07) is 9.26. The average molecular weight is 370 g/mol. The number of benzene rings is 1. The number of H-pyrrole nitrogens is 1. The van der Waals surface area contributed by atoms with Crippen LogP contribution in [-0.2, 0) is 22.7 Å². The summed E-state index contributed by atoms with van der Waals surface area (Å²) in [7, 11) is 0. The lowest BCUT2D eigenvalue weighted by Gasteiger charge is -2.34. The number of amides is 2. The Kier molecular flexibility index (Phi) is 5.54. The van der Waals surface area contributed by atoms with Gasteiger partial charge in [0.1, 0.15) is 0 Å². The fourth-order valence-corrected chi connectivity index (χ4v) is 3.00. The second-order valence-corrected chi connectivity index (χ2v) is 6.67. The van der Waals surface area contributed by atoms with Gasteiger partial charge in [0.25, 0.3) is 5.56 Å². The first-order valence-corrected chi connectivity index (χ1v) is 8.83. The third kappa shape index (κ3) is 4.72. The Balaban J connectivity index is 1.53. The Hall–Kier alpha value is -3.16. The molecule has 0 spiro atoms. The monoisotopic (exact) mass is 370 g/mol. The molecule has 8 nitrogen and oxygen atoms in total. The molecule has 1 N–H and O–H groups in total. The molecule has 2 heterocycles. The van der Waals surface area contributed by atoms with Crippen LogP contribution in [-0.4, -0.2) is 50.8 Å². The predicted octanol–water partition coefficient (Wildman–Crippen LogP) is 0.106. The summed E-state index contributed by atoms with van der Waals surface area (Å²) in [5, 5.41) is 0. The maximum Gasteiger partial charge on any atom is 0.328 e. The highest BCUT2D eigenvalue weighted by molar-refractivity contribution is 5.86. The van der Waals surface area contributed by atoms with Crippen molar-refractivity contribution >= 4 is 11.8 Å². The smallest absolute Gasteiger partial charge is 0.328 e. The summed E-state index contributed by atoms with van der Waals surface area (Å²) in [4.78, 5) is 52.9. The van der Waals surface area contributed by atoms with Crippen LogP contribution in [0.2, 0.25) is 0 Å². The van der Waals surface area contributed by atoms with Crippen LogP contribution in [0.3, 0.4) is 0 Å². The maximum absolute atomic E-state index is 12.4. The Morgan fingerprint density at radius 3 is 2.48 bits per heavy atom. The minimum atomic E-state index is -0.547. The first kappa shape index (κ1) is 18.6. The van der Waals surface area contributed by atoms with E-state index in [0.29, 0.717) is 19.6 Å². The highest BCUT2D eigenvalue weighted by Crippen LogP contribution is 2.11. The number of aromatic nitrogens is 2. The third-order valence-electron chi connectivity index (χ3n) is 4.63. The third-order valence-corrected chi connectivity index (χ3v) is 4.63. The van der Waals surface area contributed by atoms with Crippen molar-refractivity contribution in [3.05, 3.63) is 68.5 Å². The van der Waals surface area contributed by atoms with Gasteiger partial charge in [0.05, 0.1) is 6.54 Å². The number of hydrogen-bond donors (Lipinski definition) is 1. The van der Waals surface area contributed by atoms with Crippen molar-refractivity contribution in [2.24, 2.45) is 0 Å². The van der Waals surface area contributed by atoms with Crippen molar-refractivity contribution < 1.29 is 9.59 Å². The van der Waals surface area contributed by atoms with Gasteiger partial charge >= 0.3 is 5.69 Å². The second kappa shape index (κ2) is 8.03. The van der Waals surface area contributed by atoms with Gasteiger partial charge in [-0.15, -0.1) is 0 Å². The Morgan fingerprint density at radius 1 is 1.07 bits per heavy atom. The van der Waals surface area contributed by atoms with Gasteiger partial charge in [0.2, 0.25) is 11.8 Å². The molecule has 0 aliphatic carbocycles. The number of nitrogens with zero attached hydrogens (tertiary/aromatic N) is 3. The fraction of sp³-hybridized carbons (Fsp3) is 0.368. The van der Waals surface area contributed by atoms with Crippen LogP contribution in [0.5, 0.6) is 0 Å². The van der Waals surface area contributed by atoms with Crippen LogP contribution in [0.1, 0.15) is 17.5 Å². The highest BCUT2D eigenvalue weighted by Gasteiger charge is 2.26. The number of carbonyl (C=O) groups is 2. The predicted molar refractivity (Wildman–Crippen MR) is 99.1 cm³/mol. The summed E-state index contributed by atoms with van der Waals surface area (Å²) in [6.45, 7) is 3.71. The van der Waals surface area contributed by atoms with Gasteiger partial charge in [0, 0.05) is 44.9 Å². The molecule has 0 unspecified atom stereocenters. The summed E-state index contributed by atoms with van der Waals surface area (Å²) in [5.74, 6) is -0.271. The zero-order chi connectivity index (χ0) is 19.4. The zero-order valence-corrected chi connectivity index (χ0v) is 15.2. The minimum Gasteiger partial charge on any atom is -0.335 e. The Bertz CT molecular complexity index is 945. The second-order valence-electron chi connectivity index (χ2n) is 6.67. The highest BCUT2D eigenvalue weighted by atomic mass is 16.2. The summed E-state index contributed by atoms with van der Waals surface area (Å²) in [6.07, 6.45) is 1.45. The molecular formula is C19H22N4O4. The molecule has 2 amide bonds. The van der Waals surface area contributed by atoms with E-state index in [1.165, 1.54) is 27.3 Å². The van der Waals surface area contributed by atoms with Crippen LogP contribution < -0.4 is 11.2 Å². The van der Waals surface area contributed by atoms with E-state index in [2.05, 4.69) is 4.98 Å². The summed E-state index contributed by atoms with van der Waals surface area (Å²) in [5.41, 5.74) is 1.21. The lowest BCUT2D eigenvalue weighted by Crippen LogP contribution is -2.52. The quantitative estimate of drug-likeness (QED) is 0.808. The molecule has 1 fully saturated rings. The van der Waals surface area contributed by atoms with E-state index in [1.807, 2.05) is 31.2 Å². The van der Waals surface area contributed by atoms with Gasteiger partial charge in [-0.05, 0) is 12.5 Å². The van der Waals surface area contributed by atoms with Crippen molar-refractivity contribution in [3.8, 4) is 0 Å². The standard InChI is InChI=1S/C19H22N4O4/c1-14-2-4-15(5-3-14)12-22-10-11-23(13-18(22)26)17(25)7-9-21-8-6-16(24)20-19(21)27/h2-6,8H,7,9-13H2,1H3,(H,20,24,27). The van der Waals surface area contributed by atoms with E-state index < -0.39 is 11.2 Å². The number of piperazine rings is 1. The maximum atomic E-state index is 12.4. The first-order chi connectivity index (χ1) is 12.9. The van der Waals surface area contributed by atoms with Crippen molar-refractivity contribution in [1.82, 2.24) is 19.4 Å². The molecule has 2 aromatic rings. The van der Waals surface area contributed by atoms with Crippen LogP contribution in [0, 0.1) is 6.92 Å². The largest absolute Gasteiger partial charge is 0.335 e. The van der Waals surface area contributed by atoms with Crippen molar-refractivity contribution in [3.63, 3.8) is 0 Å². The first-order valence-electron chi connectivity index (χ1n) is 8.83. The van der Waals surface area contributed by atoms with Crippen molar-refractivity contribution in [2.75, 3.05) is 19.6 Å². The molecule has 1 aliphatic rings. The van der Waals surface area contributed by atoms with E-state index in [-0.39, 0.29) is 31.3 Å². The molecule has 0 radical (unpaired) electrons. The fourth-order valence-electron chi connectivity index (χ4n) is 3.00. The molecule has 0 bridgehead atoms. The lowest BCUT2D eigenvalue weighted by atomic mass is 10.1.